The molecule has 1 aromatic carbocycles. The Bertz CT molecular complexity index is 819. The molecule has 3 N–H and O–H groups in total. The maximum atomic E-state index is 12.0. The Morgan fingerprint density at radius 1 is 1.32 bits per heavy atom. The molecule has 150 valence electrons. The number of thiazole rings is 1. The quantitative estimate of drug-likeness (QED) is 0.594. The van der Waals surface area contributed by atoms with E-state index in [9.17, 15) is 9.59 Å². The third-order valence-corrected chi connectivity index (χ3v) is 5.33. The van der Waals surface area contributed by atoms with E-state index in [1.54, 1.807) is 5.38 Å². The largest absolute Gasteiger partial charge is 0.480 e. The van der Waals surface area contributed by atoms with Crippen LogP contribution in [0, 0.1) is 0 Å². The zero-order valence-corrected chi connectivity index (χ0v) is 16.2. The lowest BCUT2D eigenvalue weighted by Crippen LogP contribution is -2.43. The molecule has 1 amide bonds. The number of nitrogens with one attached hydrogen (secondary N) is 1. The first kappa shape index (κ1) is 20.4. The average Bonchev–Trinajstić information content (AvgIpc) is 3.15. The molecule has 28 heavy (non-hydrogen) atoms. The molecule has 2 heterocycles. The number of carboxylic acids is 1. The molecule has 0 saturated carbocycles. The highest BCUT2D eigenvalue weighted by Crippen LogP contribution is 2.25. The number of ether oxygens (including phenoxy) is 1. The zero-order chi connectivity index (χ0) is 19.9. The van der Waals surface area contributed by atoms with Gasteiger partial charge in [-0.3, -0.25) is 9.69 Å². The van der Waals surface area contributed by atoms with Crippen LogP contribution in [0.2, 0.25) is 0 Å². The number of benzene rings is 1. The third-order valence-electron chi connectivity index (χ3n) is 4.39. The zero-order valence-electron chi connectivity index (χ0n) is 15.3. The van der Waals surface area contributed by atoms with Crippen molar-refractivity contribution in [3.8, 4) is 10.6 Å². The van der Waals surface area contributed by atoms with Crippen LogP contribution in [-0.4, -0.2) is 70.9 Å². The fourth-order valence-electron chi connectivity index (χ4n) is 2.94. The number of nitrogens with zero attached hydrogens (tertiary/aromatic N) is 2. The van der Waals surface area contributed by atoms with Gasteiger partial charge in [-0.15, -0.1) is 11.3 Å². The number of morpholine rings is 1. The number of hydrogen-bond acceptors (Lipinski definition) is 7. The van der Waals surface area contributed by atoms with Gasteiger partial charge >= 0.3 is 5.97 Å². The molecule has 1 aromatic heterocycles. The second-order valence-corrected chi connectivity index (χ2v) is 7.41. The van der Waals surface area contributed by atoms with Gasteiger partial charge in [0.05, 0.1) is 31.9 Å². The number of aromatic nitrogens is 1. The highest BCUT2D eigenvalue weighted by atomic mass is 32.1. The van der Waals surface area contributed by atoms with Crippen LogP contribution in [-0.2, 0) is 27.3 Å². The van der Waals surface area contributed by atoms with Crippen LogP contribution in [0.4, 0.5) is 0 Å². The van der Waals surface area contributed by atoms with Gasteiger partial charge in [-0.1, -0.05) is 18.2 Å². The molecule has 1 aliphatic heterocycles. The van der Waals surface area contributed by atoms with E-state index in [-0.39, 0.29) is 6.42 Å². The summed E-state index contributed by atoms with van der Waals surface area (Å²) in [7, 11) is 0. The van der Waals surface area contributed by atoms with Gasteiger partial charge in [0.1, 0.15) is 11.0 Å². The van der Waals surface area contributed by atoms with Gasteiger partial charge in [0.15, 0.2) is 0 Å². The number of carbonyl (C=O) groups is 2. The smallest absolute Gasteiger partial charge is 0.328 e. The van der Waals surface area contributed by atoms with Crippen molar-refractivity contribution in [2.75, 3.05) is 32.9 Å². The predicted octanol–water partition coefficient (Wildman–Crippen LogP) is 0.746. The molecule has 0 radical (unpaired) electrons. The number of rotatable bonds is 8. The summed E-state index contributed by atoms with van der Waals surface area (Å²) in [6.45, 7) is 3.57. The SMILES string of the molecule is O=C(Cc1csc(-c2cccc(CN3CCOCC3)c2)n1)NC(CO)C(=O)O. The number of aliphatic carboxylic acids is 1. The van der Waals surface area contributed by atoms with Crippen molar-refractivity contribution in [3.63, 3.8) is 0 Å². The Labute approximate surface area is 166 Å². The van der Waals surface area contributed by atoms with Crippen LogP contribution >= 0.6 is 11.3 Å². The lowest BCUT2D eigenvalue weighted by atomic mass is 10.1. The second-order valence-electron chi connectivity index (χ2n) is 6.55. The fourth-order valence-corrected chi connectivity index (χ4v) is 3.75. The van der Waals surface area contributed by atoms with E-state index in [2.05, 4.69) is 27.3 Å². The van der Waals surface area contributed by atoms with Gasteiger partial charge in [-0.2, -0.15) is 0 Å². The van der Waals surface area contributed by atoms with Gasteiger partial charge < -0.3 is 20.3 Å². The maximum Gasteiger partial charge on any atom is 0.328 e. The van der Waals surface area contributed by atoms with Crippen molar-refractivity contribution in [2.45, 2.75) is 19.0 Å². The van der Waals surface area contributed by atoms with Crippen LogP contribution in [0.1, 0.15) is 11.3 Å². The van der Waals surface area contributed by atoms with Gasteiger partial charge in [0.2, 0.25) is 5.91 Å². The molecule has 1 atom stereocenters. The maximum absolute atomic E-state index is 12.0. The van der Waals surface area contributed by atoms with Crippen LogP contribution in [0.15, 0.2) is 29.6 Å². The third kappa shape index (κ3) is 5.59. The van der Waals surface area contributed by atoms with E-state index in [1.807, 2.05) is 12.1 Å². The first-order chi connectivity index (χ1) is 13.5. The summed E-state index contributed by atoms with van der Waals surface area (Å²) in [4.78, 5) is 29.7. The second kappa shape index (κ2) is 9.74. The van der Waals surface area contributed by atoms with Gasteiger partial charge in [-0.05, 0) is 11.6 Å². The minimum absolute atomic E-state index is 0.0340. The first-order valence-corrected chi connectivity index (χ1v) is 9.90. The van der Waals surface area contributed by atoms with Gasteiger partial charge in [0, 0.05) is 30.6 Å². The van der Waals surface area contributed by atoms with Crippen molar-refractivity contribution in [3.05, 3.63) is 40.9 Å². The average molecular weight is 405 g/mol. The molecular formula is C19H23N3O5S. The molecule has 0 bridgehead atoms. The van der Waals surface area contributed by atoms with Gasteiger partial charge in [0.25, 0.3) is 0 Å². The van der Waals surface area contributed by atoms with E-state index >= 15 is 0 Å². The standard InChI is InChI=1S/C19H23N3O5S/c23-11-16(19(25)26)21-17(24)9-15-12-28-18(20-15)14-3-1-2-13(8-14)10-22-4-6-27-7-5-22/h1-3,8,12,16,23H,4-7,9-11H2,(H,21,24)(H,25,26). The number of aliphatic hydroxyl groups is 1. The highest BCUT2D eigenvalue weighted by Gasteiger charge is 2.19. The lowest BCUT2D eigenvalue weighted by molar-refractivity contribution is -0.142. The molecular weight excluding hydrogens is 382 g/mol. The molecule has 0 aliphatic carbocycles. The number of hydrogen-bond donors (Lipinski definition) is 3. The molecule has 9 heteroatoms. The van der Waals surface area contributed by atoms with Crippen LogP contribution < -0.4 is 5.32 Å². The first-order valence-electron chi connectivity index (χ1n) is 9.02. The van der Waals surface area contributed by atoms with Crippen molar-refractivity contribution in [2.24, 2.45) is 0 Å². The topological polar surface area (TPSA) is 112 Å². The molecule has 1 fully saturated rings. The fraction of sp³-hybridized carbons (Fsp3) is 0.421. The predicted molar refractivity (Wildman–Crippen MR) is 104 cm³/mol. The normalized spacial score (nSPS) is 15.9. The van der Waals surface area contributed by atoms with E-state index in [4.69, 9.17) is 14.9 Å². The highest BCUT2D eigenvalue weighted by molar-refractivity contribution is 7.13. The Morgan fingerprint density at radius 2 is 2.11 bits per heavy atom. The Balaban J connectivity index is 1.62. The lowest BCUT2D eigenvalue weighted by Gasteiger charge is -2.26. The summed E-state index contributed by atoms with van der Waals surface area (Å²) in [5.41, 5.74) is 2.75. The van der Waals surface area contributed by atoms with Gasteiger partial charge in [-0.25, -0.2) is 9.78 Å². The summed E-state index contributed by atoms with van der Waals surface area (Å²) in [6.07, 6.45) is -0.0340. The van der Waals surface area contributed by atoms with Crippen molar-refractivity contribution in [1.29, 1.82) is 0 Å². The molecule has 8 nitrogen and oxygen atoms in total. The molecule has 1 unspecified atom stereocenters. The van der Waals surface area contributed by atoms with E-state index in [0.29, 0.717) is 5.69 Å². The molecule has 0 spiro atoms. The monoisotopic (exact) mass is 405 g/mol. The number of amides is 1. The van der Waals surface area contributed by atoms with Crippen LogP contribution in [0.5, 0.6) is 0 Å². The summed E-state index contributed by atoms with van der Waals surface area (Å²) in [5.74, 6) is -1.76. The summed E-state index contributed by atoms with van der Waals surface area (Å²) >= 11 is 1.44. The van der Waals surface area contributed by atoms with Crippen molar-refractivity contribution >= 4 is 23.2 Å². The summed E-state index contributed by atoms with van der Waals surface area (Å²) in [6, 6.07) is 6.86. The van der Waals surface area contributed by atoms with E-state index in [0.717, 1.165) is 43.4 Å². The van der Waals surface area contributed by atoms with E-state index in [1.165, 1.54) is 16.9 Å². The molecule has 1 aliphatic rings. The van der Waals surface area contributed by atoms with Crippen molar-refractivity contribution < 1.29 is 24.5 Å². The number of carbonyl (C=O) groups excluding carboxylic acids is 1. The minimum Gasteiger partial charge on any atom is -0.480 e. The number of aliphatic hydroxyl groups excluding tert-OH is 1. The molecule has 3 rings (SSSR count). The Hall–Kier alpha value is -2.33. The Kier molecular flexibility index (Phi) is 7.10. The number of carboxylic acid groups (broad SMARTS) is 1. The molecule has 1 saturated heterocycles. The Morgan fingerprint density at radius 3 is 2.82 bits per heavy atom. The van der Waals surface area contributed by atoms with E-state index < -0.39 is 24.5 Å². The summed E-state index contributed by atoms with van der Waals surface area (Å²) < 4.78 is 5.38. The van der Waals surface area contributed by atoms with Crippen LogP contribution in [0.25, 0.3) is 10.6 Å². The van der Waals surface area contributed by atoms with Crippen molar-refractivity contribution in [1.82, 2.24) is 15.2 Å². The molecule has 2 aromatic rings. The minimum atomic E-state index is -1.30. The summed E-state index contributed by atoms with van der Waals surface area (Å²) in [5, 5.41) is 22.8. The van der Waals surface area contributed by atoms with Crippen LogP contribution in [0.3, 0.4) is 0 Å².